The number of carbonyl (C=O) groups is 1. The molecule has 0 aliphatic carbocycles. The Balaban J connectivity index is 1.18. The molecule has 2 heterocycles. The SMILES string of the molecule is C[C@@H](NC1CCN(Cc2ccccc2)CC1)C(=O)NCc1ccc2c(c1)OCO2. The van der Waals surface area contributed by atoms with Gasteiger partial charge in [-0.25, -0.2) is 0 Å². The van der Waals surface area contributed by atoms with Crippen LogP contribution in [0.25, 0.3) is 0 Å². The molecule has 2 N–H and O–H groups in total. The Bertz CT molecular complexity index is 819. The van der Waals surface area contributed by atoms with Gasteiger partial charge in [0.05, 0.1) is 6.04 Å². The van der Waals surface area contributed by atoms with E-state index < -0.39 is 0 Å². The predicted octanol–water partition coefficient (Wildman–Crippen LogP) is 2.67. The van der Waals surface area contributed by atoms with Crippen LogP contribution < -0.4 is 20.1 Å². The van der Waals surface area contributed by atoms with Crippen molar-refractivity contribution < 1.29 is 14.3 Å². The lowest BCUT2D eigenvalue weighted by Gasteiger charge is -2.33. The summed E-state index contributed by atoms with van der Waals surface area (Å²) in [6, 6.07) is 16.5. The number of hydrogen-bond acceptors (Lipinski definition) is 5. The molecule has 0 aromatic heterocycles. The van der Waals surface area contributed by atoms with Gasteiger partial charge in [0.2, 0.25) is 12.7 Å². The summed E-state index contributed by atoms with van der Waals surface area (Å²) in [7, 11) is 0. The van der Waals surface area contributed by atoms with Crippen molar-refractivity contribution in [2.24, 2.45) is 0 Å². The highest BCUT2D eigenvalue weighted by molar-refractivity contribution is 5.81. The molecule has 1 fully saturated rings. The molecule has 29 heavy (non-hydrogen) atoms. The number of likely N-dealkylation sites (tertiary alicyclic amines) is 1. The van der Waals surface area contributed by atoms with Crippen molar-refractivity contribution in [2.45, 2.75) is 44.9 Å². The normalized spacial score (nSPS) is 17.8. The highest BCUT2D eigenvalue weighted by Gasteiger charge is 2.23. The van der Waals surface area contributed by atoms with Crippen LogP contribution >= 0.6 is 0 Å². The van der Waals surface area contributed by atoms with Crippen molar-refractivity contribution in [3.05, 3.63) is 59.7 Å². The third-order valence-corrected chi connectivity index (χ3v) is 5.62. The summed E-state index contributed by atoms with van der Waals surface area (Å²) >= 11 is 0. The Morgan fingerprint density at radius 3 is 2.62 bits per heavy atom. The van der Waals surface area contributed by atoms with Crippen molar-refractivity contribution in [3.8, 4) is 11.5 Å². The van der Waals surface area contributed by atoms with Gasteiger partial charge in [-0.05, 0) is 56.1 Å². The molecule has 6 nitrogen and oxygen atoms in total. The van der Waals surface area contributed by atoms with E-state index in [-0.39, 0.29) is 18.7 Å². The fourth-order valence-corrected chi connectivity index (χ4v) is 3.92. The Hall–Kier alpha value is -2.57. The van der Waals surface area contributed by atoms with Crippen LogP contribution in [0, 0.1) is 0 Å². The molecular formula is C23H29N3O3. The molecule has 2 aliphatic heterocycles. The van der Waals surface area contributed by atoms with Crippen molar-refractivity contribution in [1.82, 2.24) is 15.5 Å². The minimum Gasteiger partial charge on any atom is -0.454 e. The third-order valence-electron chi connectivity index (χ3n) is 5.62. The van der Waals surface area contributed by atoms with Gasteiger partial charge in [0.1, 0.15) is 0 Å². The number of amides is 1. The number of rotatable bonds is 7. The number of nitrogens with zero attached hydrogens (tertiary/aromatic N) is 1. The Kier molecular flexibility index (Phi) is 6.32. The summed E-state index contributed by atoms with van der Waals surface area (Å²) in [4.78, 5) is 15.0. The van der Waals surface area contributed by atoms with E-state index in [0.717, 1.165) is 49.5 Å². The van der Waals surface area contributed by atoms with E-state index in [0.29, 0.717) is 12.6 Å². The largest absolute Gasteiger partial charge is 0.454 e. The van der Waals surface area contributed by atoms with Crippen LogP contribution in [0.2, 0.25) is 0 Å². The predicted molar refractivity (Wildman–Crippen MR) is 112 cm³/mol. The lowest BCUT2D eigenvalue weighted by Crippen LogP contribution is -2.50. The molecule has 0 unspecified atom stereocenters. The second-order valence-electron chi connectivity index (χ2n) is 7.83. The number of hydrogen-bond donors (Lipinski definition) is 2. The van der Waals surface area contributed by atoms with Gasteiger partial charge in [-0.1, -0.05) is 36.4 Å². The van der Waals surface area contributed by atoms with E-state index in [4.69, 9.17) is 9.47 Å². The second kappa shape index (κ2) is 9.29. The Morgan fingerprint density at radius 1 is 1.07 bits per heavy atom. The molecule has 0 radical (unpaired) electrons. The van der Waals surface area contributed by atoms with E-state index >= 15 is 0 Å². The van der Waals surface area contributed by atoms with Gasteiger partial charge in [-0.2, -0.15) is 0 Å². The maximum absolute atomic E-state index is 12.5. The van der Waals surface area contributed by atoms with Gasteiger partial charge in [-0.3, -0.25) is 9.69 Å². The standard InChI is InChI=1S/C23H29N3O3/c1-17(23(27)24-14-19-7-8-21-22(13-19)29-16-28-21)25-20-9-11-26(12-10-20)15-18-5-3-2-4-6-18/h2-8,13,17,20,25H,9-12,14-16H2,1H3,(H,24,27)/t17-/m1/s1. The first-order chi connectivity index (χ1) is 14.2. The smallest absolute Gasteiger partial charge is 0.237 e. The molecule has 4 rings (SSSR count). The van der Waals surface area contributed by atoms with E-state index in [2.05, 4.69) is 45.9 Å². The third kappa shape index (κ3) is 5.28. The number of fused-ring (bicyclic) bond motifs is 1. The maximum Gasteiger partial charge on any atom is 0.237 e. The van der Waals surface area contributed by atoms with Gasteiger partial charge in [0.15, 0.2) is 11.5 Å². The van der Waals surface area contributed by atoms with Crippen LogP contribution in [0.1, 0.15) is 30.9 Å². The summed E-state index contributed by atoms with van der Waals surface area (Å²) in [6.45, 7) is 5.79. The topological polar surface area (TPSA) is 62.8 Å². The Labute approximate surface area is 172 Å². The van der Waals surface area contributed by atoms with Gasteiger partial charge >= 0.3 is 0 Å². The van der Waals surface area contributed by atoms with Crippen LogP contribution in [0.5, 0.6) is 11.5 Å². The maximum atomic E-state index is 12.5. The quantitative estimate of drug-likeness (QED) is 0.755. The molecule has 0 saturated carbocycles. The summed E-state index contributed by atoms with van der Waals surface area (Å²) in [5, 5.41) is 6.51. The molecule has 154 valence electrons. The highest BCUT2D eigenvalue weighted by atomic mass is 16.7. The molecule has 2 aromatic carbocycles. The molecule has 1 atom stereocenters. The van der Waals surface area contributed by atoms with Crippen LogP contribution in [-0.2, 0) is 17.9 Å². The van der Waals surface area contributed by atoms with Crippen LogP contribution in [0.15, 0.2) is 48.5 Å². The fraction of sp³-hybridized carbons (Fsp3) is 0.435. The molecule has 1 saturated heterocycles. The summed E-state index contributed by atoms with van der Waals surface area (Å²) in [6.07, 6.45) is 2.12. The van der Waals surface area contributed by atoms with Gasteiger partial charge in [-0.15, -0.1) is 0 Å². The average molecular weight is 396 g/mol. The summed E-state index contributed by atoms with van der Waals surface area (Å²) in [5.41, 5.74) is 2.36. The van der Waals surface area contributed by atoms with E-state index in [1.165, 1.54) is 5.56 Å². The molecule has 6 heteroatoms. The first-order valence-electron chi connectivity index (χ1n) is 10.4. The molecule has 0 spiro atoms. The monoisotopic (exact) mass is 395 g/mol. The van der Waals surface area contributed by atoms with Crippen molar-refractivity contribution in [1.29, 1.82) is 0 Å². The van der Waals surface area contributed by atoms with Crippen molar-refractivity contribution in [3.63, 3.8) is 0 Å². The number of nitrogens with one attached hydrogen (secondary N) is 2. The lowest BCUT2D eigenvalue weighted by atomic mass is 10.0. The second-order valence-corrected chi connectivity index (χ2v) is 7.83. The first kappa shape index (κ1) is 19.7. The lowest BCUT2D eigenvalue weighted by molar-refractivity contribution is -0.123. The zero-order valence-electron chi connectivity index (χ0n) is 16.9. The minimum atomic E-state index is -0.213. The van der Waals surface area contributed by atoms with E-state index in [9.17, 15) is 4.79 Å². The fourth-order valence-electron chi connectivity index (χ4n) is 3.92. The van der Waals surface area contributed by atoms with Crippen LogP contribution in [0.4, 0.5) is 0 Å². The van der Waals surface area contributed by atoms with E-state index in [1.807, 2.05) is 25.1 Å². The molecular weight excluding hydrogens is 366 g/mol. The molecule has 2 aromatic rings. The van der Waals surface area contributed by atoms with Crippen LogP contribution in [0.3, 0.4) is 0 Å². The van der Waals surface area contributed by atoms with Crippen LogP contribution in [-0.4, -0.2) is 42.8 Å². The zero-order chi connectivity index (χ0) is 20.1. The van der Waals surface area contributed by atoms with E-state index in [1.54, 1.807) is 0 Å². The number of benzene rings is 2. The van der Waals surface area contributed by atoms with Gasteiger partial charge in [0.25, 0.3) is 0 Å². The number of ether oxygens (including phenoxy) is 2. The molecule has 0 bridgehead atoms. The molecule has 1 amide bonds. The van der Waals surface area contributed by atoms with Crippen molar-refractivity contribution >= 4 is 5.91 Å². The highest BCUT2D eigenvalue weighted by Crippen LogP contribution is 2.32. The minimum absolute atomic E-state index is 0.0226. The average Bonchev–Trinajstić information content (AvgIpc) is 3.22. The summed E-state index contributed by atoms with van der Waals surface area (Å²) in [5.74, 6) is 1.52. The van der Waals surface area contributed by atoms with Crippen molar-refractivity contribution in [2.75, 3.05) is 19.9 Å². The first-order valence-corrected chi connectivity index (χ1v) is 10.4. The number of piperidine rings is 1. The van der Waals surface area contributed by atoms with Gasteiger partial charge < -0.3 is 20.1 Å². The van der Waals surface area contributed by atoms with Gasteiger partial charge in [0, 0.05) is 19.1 Å². The number of carbonyl (C=O) groups excluding carboxylic acids is 1. The molecule has 2 aliphatic rings. The summed E-state index contributed by atoms with van der Waals surface area (Å²) < 4.78 is 10.7. The Morgan fingerprint density at radius 2 is 1.83 bits per heavy atom. The zero-order valence-corrected chi connectivity index (χ0v) is 16.9.